The molecule has 3 aliphatic rings. The van der Waals surface area contributed by atoms with E-state index >= 15 is 0 Å². The number of carbonyl (C=O) groups excluding carboxylic acids is 1. The molecule has 5 unspecified atom stereocenters. The molecule has 3 aliphatic heterocycles. The first kappa shape index (κ1) is 32.5. The van der Waals surface area contributed by atoms with Crippen molar-refractivity contribution < 1.29 is 28.5 Å². The number of methoxy groups -OCH3 is 4. The molecule has 4 aromatic carbocycles. The lowest BCUT2D eigenvalue weighted by Crippen LogP contribution is -2.68. The van der Waals surface area contributed by atoms with Crippen molar-refractivity contribution in [2.75, 3.05) is 42.1 Å². The second kappa shape index (κ2) is 13.5. The van der Waals surface area contributed by atoms with Gasteiger partial charge in [-0.2, -0.15) is 5.26 Å². The van der Waals surface area contributed by atoms with Crippen molar-refractivity contribution in [1.29, 1.82) is 5.26 Å². The Hall–Kier alpha value is -5.04. The number of rotatable bonds is 9. The summed E-state index contributed by atoms with van der Waals surface area (Å²) in [6.07, 6.45) is 5.29. The minimum atomic E-state index is -0.458. The molecule has 5 atom stereocenters. The molecule has 0 saturated carbocycles. The minimum absolute atomic E-state index is 0.0422. The van der Waals surface area contributed by atoms with Gasteiger partial charge in [-0.1, -0.05) is 48.5 Å². The first-order valence-corrected chi connectivity index (χ1v) is 16.6. The van der Waals surface area contributed by atoms with Gasteiger partial charge in [-0.15, -0.1) is 0 Å². The first-order valence-electron chi connectivity index (χ1n) is 16.6. The number of nitrogens with zero attached hydrogens (tertiary/aromatic N) is 3. The van der Waals surface area contributed by atoms with Crippen molar-refractivity contribution in [3.63, 3.8) is 0 Å². The van der Waals surface area contributed by atoms with Crippen LogP contribution in [0.3, 0.4) is 0 Å². The van der Waals surface area contributed by atoms with Crippen LogP contribution >= 0.6 is 0 Å². The van der Waals surface area contributed by atoms with Crippen LogP contribution in [0.5, 0.6) is 23.0 Å². The van der Waals surface area contributed by atoms with E-state index in [2.05, 4.69) is 65.4 Å². The van der Waals surface area contributed by atoms with Gasteiger partial charge in [-0.3, -0.25) is 9.80 Å². The number of nitriles is 1. The van der Waals surface area contributed by atoms with E-state index in [4.69, 9.17) is 23.7 Å². The Labute approximate surface area is 287 Å². The number of esters is 1. The van der Waals surface area contributed by atoms with E-state index in [9.17, 15) is 10.1 Å². The normalized spacial score (nSPS) is 22.8. The summed E-state index contributed by atoms with van der Waals surface area (Å²) < 4.78 is 28.8. The van der Waals surface area contributed by atoms with Crippen LogP contribution < -0.4 is 18.9 Å². The van der Waals surface area contributed by atoms with E-state index in [1.807, 2.05) is 30.3 Å². The van der Waals surface area contributed by atoms with Crippen LogP contribution in [0.1, 0.15) is 39.9 Å². The smallest absolute Gasteiger partial charge is 0.330 e. The predicted molar refractivity (Wildman–Crippen MR) is 186 cm³/mol. The molecule has 0 amide bonds. The molecule has 0 radical (unpaired) electrons. The predicted octanol–water partition coefficient (Wildman–Crippen LogP) is 5.99. The zero-order valence-corrected chi connectivity index (χ0v) is 28.5. The summed E-state index contributed by atoms with van der Waals surface area (Å²) in [5.74, 6) is 2.16. The molecule has 0 spiro atoms. The third-order valence-electron chi connectivity index (χ3n) is 10.5. The molecule has 1 saturated heterocycles. The van der Waals surface area contributed by atoms with Crippen LogP contribution in [0.2, 0.25) is 0 Å². The van der Waals surface area contributed by atoms with Gasteiger partial charge in [-0.05, 0) is 89.2 Å². The van der Waals surface area contributed by atoms with Crippen molar-refractivity contribution in [3.8, 4) is 29.1 Å². The third-order valence-corrected chi connectivity index (χ3v) is 10.5. The number of benzene rings is 4. The zero-order valence-electron chi connectivity index (χ0n) is 28.5. The summed E-state index contributed by atoms with van der Waals surface area (Å²) in [6.45, 7) is 0.0816. The highest BCUT2D eigenvalue weighted by Gasteiger charge is 2.54. The van der Waals surface area contributed by atoms with Crippen molar-refractivity contribution in [1.82, 2.24) is 9.80 Å². The van der Waals surface area contributed by atoms with E-state index in [0.29, 0.717) is 42.3 Å². The monoisotopic (exact) mass is 659 g/mol. The average Bonchev–Trinajstić information content (AvgIpc) is 3.12. The number of hydrogen-bond acceptors (Lipinski definition) is 9. The number of allylic oxidation sites excluding steroid dienone is 1. The molecule has 49 heavy (non-hydrogen) atoms. The molecule has 2 bridgehead atoms. The van der Waals surface area contributed by atoms with Gasteiger partial charge in [0.25, 0.3) is 0 Å². The molecule has 9 heteroatoms. The van der Waals surface area contributed by atoms with Crippen LogP contribution in [0.25, 0.3) is 10.8 Å². The van der Waals surface area contributed by atoms with Gasteiger partial charge in [0.2, 0.25) is 0 Å². The van der Waals surface area contributed by atoms with Crippen molar-refractivity contribution >= 4 is 16.7 Å². The number of likely N-dealkylation sites (N-methyl/N-ethyl adjacent to an activating group) is 1. The highest BCUT2D eigenvalue weighted by atomic mass is 16.5. The van der Waals surface area contributed by atoms with Crippen LogP contribution in [0, 0.1) is 11.3 Å². The third kappa shape index (κ3) is 5.75. The Morgan fingerprint density at radius 3 is 2.10 bits per heavy atom. The zero-order chi connectivity index (χ0) is 34.2. The quantitative estimate of drug-likeness (QED) is 0.159. The molecule has 9 nitrogen and oxygen atoms in total. The Balaban J connectivity index is 1.22. The van der Waals surface area contributed by atoms with Crippen LogP contribution in [-0.4, -0.2) is 76.0 Å². The highest BCUT2D eigenvalue weighted by molar-refractivity contribution is 5.83. The van der Waals surface area contributed by atoms with Gasteiger partial charge in [-0.25, -0.2) is 4.79 Å². The van der Waals surface area contributed by atoms with Crippen LogP contribution in [0.4, 0.5) is 0 Å². The molecule has 7 rings (SSSR count). The second-order valence-corrected chi connectivity index (χ2v) is 12.9. The number of hydrogen-bond donors (Lipinski definition) is 0. The SMILES string of the molecule is COc1cc2c(cc1OC)C1C3Cc4cc(OC)c(OC)cc4C(COC(=O)C=CCc4ccc5ccccc5c4)N3C(C#N)C(C2)N1C. The summed E-state index contributed by atoms with van der Waals surface area (Å²) in [4.78, 5) is 17.8. The van der Waals surface area contributed by atoms with Gasteiger partial charge in [0.1, 0.15) is 12.6 Å². The van der Waals surface area contributed by atoms with E-state index < -0.39 is 12.0 Å². The summed E-state index contributed by atoms with van der Waals surface area (Å²) in [7, 11) is 8.64. The van der Waals surface area contributed by atoms with E-state index in [-0.39, 0.29) is 30.8 Å². The summed E-state index contributed by atoms with van der Waals surface area (Å²) in [5.41, 5.74) is 5.46. The maximum atomic E-state index is 13.2. The standard InChI is InChI=1S/C40H41N3O6/c1-42-31-16-28-19-36(46-3)38(48-5)21-30(28)40(42)32-17-27-18-35(45-2)37(47-4)20-29(27)34(43(32)33(31)22-41)23-49-39(44)12-8-9-24-13-14-25-10-6-7-11-26(25)15-24/h6-8,10-15,18-21,31-34,40H,9,16-17,23H2,1-5H3. The molecule has 4 aromatic rings. The van der Waals surface area contributed by atoms with Gasteiger partial charge in [0.15, 0.2) is 23.0 Å². The Bertz CT molecular complexity index is 1970. The van der Waals surface area contributed by atoms with Crippen molar-refractivity contribution in [3.05, 3.63) is 107 Å². The fraction of sp³-hybridized carbons (Fsp3) is 0.350. The molecule has 0 aliphatic carbocycles. The van der Waals surface area contributed by atoms with Gasteiger partial charge in [0, 0.05) is 18.2 Å². The van der Waals surface area contributed by atoms with E-state index in [1.165, 1.54) is 11.5 Å². The average molecular weight is 660 g/mol. The fourth-order valence-electron chi connectivity index (χ4n) is 8.21. The van der Waals surface area contributed by atoms with Crippen LogP contribution in [0.15, 0.2) is 78.9 Å². The molecule has 0 N–H and O–H groups in total. The Morgan fingerprint density at radius 1 is 0.816 bits per heavy atom. The number of fused-ring (bicyclic) bond motifs is 8. The molecule has 3 heterocycles. The number of carbonyl (C=O) groups is 1. The minimum Gasteiger partial charge on any atom is -0.493 e. The Kier molecular flexibility index (Phi) is 8.93. The number of piperazine rings is 1. The molecule has 1 fully saturated rings. The van der Waals surface area contributed by atoms with Crippen LogP contribution in [-0.2, 0) is 28.8 Å². The maximum Gasteiger partial charge on any atom is 0.330 e. The summed E-state index contributed by atoms with van der Waals surface area (Å²) in [6, 6.07) is 24.3. The second-order valence-electron chi connectivity index (χ2n) is 12.9. The highest BCUT2D eigenvalue weighted by Crippen LogP contribution is 2.52. The lowest BCUT2D eigenvalue weighted by atomic mass is 9.72. The summed E-state index contributed by atoms with van der Waals surface area (Å²) >= 11 is 0. The van der Waals surface area contributed by atoms with E-state index in [0.717, 1.165) is 33.2 Å². The lowest BCUT2D eigenvalue weighted by Gasteiger charge is -2.59. The summed E-state index contributed by atoms with van der Waals surface area (Å²) in [5, 5.41) is 13.1. The fourth-order valence-corrected chi connectivity index (χ4v) is 8.21. The largest absolute Gasteiger partial charge is 0.493 e. The van der Waals surface area contributed by atoms with Crippen molar-refractivity contribution in [2.24, 2.45) is 0 Å². The molecular weight excluding hydrogens is 618 g/mol. The van der Waals surface area contributed by atoms with E-state index in [1.54, 1.807) is 28.4 Å². The van der Waals surface area contributed by atoms with Gasteiger partial charge in [0.05, 0.1) is 46.6 Å². The Morgan fingerprint density at radius 2 is 1.43 bits per heavy atom. The lowest BCUT2D eigenvalue weighted by molar-refractivity contribution is -0.143. The van der Waals surface area contributed by atoms with Gasteiger partial charge < -0.3 is 23.7 Å². The van der Waals surface area contributed by atoms with Gasteiger partial charge >= 0.3 is 5.97 Å². The molecular formula is C40H41N3O6. The molecule has 0 aromatic heterocycles. The maximum absolute atomic E-state index is 13.2. The molecule has 252 valence electrons. The first-order chi connectivity index (χ1) is 23.9. The number of ether oxygens (including phenoxy) is 5. The topological polar surface area (TPSA) is 93.5 Å². The van der Waals surface area contributed by atoms with Crippen molar-refractivity contribution in [2.45, 2.75) is 49.5 Å².